The second-order valence-electron chi connectivity index (χ2n) is 4.68. The lowest BCUT2D eigenvalue weighted by atomic mass is 10.1. The zero-order valence-electron chi connectivity index (χ0n) is 11.1. The number of thiophene rings is 1. The number of carbonyl (C=O) groups is 1. The normalized spacial score (nSPS) is 12.3. The fourth-order valence-electron chi connectivity index (χ4n) is 1.94. The molecule has 5 heteroatoms. The van der Waals surface area contributed by atoms with E-state index in [0.717, 1.165) is 12.0 Å². The van der Waals surface area contributed by atoms with Gasteiger partial charge in [-0.25, -0.2) is 9.18 Å². The Morgan fingerprint density at radius 3 is 2.85 bits per heavy atom. The van der Waals surface area contributed by atoms with Gasteiger partial charge in [0.2, 0.25) is 0 Å². The van der Waals surface area contributed by atoms with Crippen molar-refractivity contribution < 1.29 is 14.3 Å². The number of hydrogen-bond acceptors (Lipinski definition) is 3. The summed E-state index contributed by atoms with van der Waals surface area (Å²) in [6, 6.07) is 8.59. The van der Waals surface area contributed by atoms with E-state index >= 15 is 0 Å². The quantitative estimate of drug-likeness (QED) is 0.859. The van der Waals surface area contributed by atoms with Crippen molar-refractivity contribution in [3.05, 3.63) is 57.5 Å². The Morgan fingerprint density at radius 2 is 2.25 bits per heavy atom. The van der Waals surface area contributed by atoms with Gasteiger partial charge in [-0.05, 0) is 42.5 Å². The summed E-state index contributed by atoms with van der Waals surface area (Å²) >= 11 is 1.72. The minimum absolute atomic E-state index is 0.274. The molecule has 1 heterocycles. The topological polar surface area (TPSA) is 49.3 Å². The summed E-state index contributed by atoms with van der Waals surface area (Å²) in [6.45, 7) is 2.59. The van der Waals surface area contributed by atoms with Crippen LogP contribution in [0.1, 0.15) is 27.7 Å². The second-order valence-corrected chi connectivity index (χ2v) is 5.72. The van der Waals surface area contributed by atoms with Crippen molar-refractivity contribution in [1.29, 1.82) is 0 Å². The van der Waals surface area contributed by atoms with E-state index in [-0.39, 0.29) is 11.6 Å². The highest BCUT2D eigenvalue weighted by Crippen LogP contribution is 2.13. The molecule has 0 saturated carbocycles. The standard InChI is InChI=1S/C15H16FNO2S/c1-10(7-12-3-2-6-20-12)17-9-11-4-5-13(15(18)19)14(16)8-11/h2-6,8,10,17H,7,9H2,1H3,(H,18,19). The number of nitrogens with one attached hydrogen (secondary N) is 1. The number of carboxylic acids is 1. The van der Waals surface area contributed by atoms with Crippen molar-refractivity contribution in [3.63, 3.8) is 0 Å². The van der Waals surface area contributed by atoms with Gasteiger partial charge in [0.1, 0.15) is 5.82 Å². The Bertz CT molecular complexity index is 584. The monoisotopic (exact) mass is 293 g/mol. The van der Waals surface area contributed by atoms with Gasteiger partial charge < -0.3 is 10.4 Å². The van der Waals surface area contributed by atoms with Gasteiger partial charge in [0.05, 0.1) is 5.56 Å². The van der Waals surface area contributed by atoms with E-state index in [4.69, 9.17) is 5.11 Å². The Kier molecular flexibility index (Phi) is 4.87. The van der Waals surface area contributed by atoms with E-state index in [1.165, 1.54) is 17.0 Å². The lowest BCUT2D eigenvalue weighted by molar-refractivity contribution is 0.0692. The summed E-state index contributed by atoms with van der Waals surface area (Å²) in [4.78, 5) is 12.0. The van der Waals surface area contributed by atoms with Crippen LogP contribution in [0.15, 0.2) is 35.7 Å². The summed E-state index contributed by atoms with van der Waals surface area (Å²) in [6.07, 6.45) is 0.924. The van der Waals surface area contributed by atoms with Crippen molar-refractivity contribution in [2.45, 2.75) is 25.9 Å². The molecule has 1 unspecified atom stereocenters. The summed E-state index contributed by atoms with van der Waals surface area (Å²) < 4.78 is 13.5. The van der Waals surface area contributed by atoms with Crippen LogP contribution in [0.4, 0.5) is 4.39 Å². The zero-order chi connectivity index (χ0) is 14.5. The van der Waals surface area contributed by atoms with E-state index in [9.17, 15) is 9.18 Å². The van der Waals surface area contributed by atoms with E-state index < -0.39 is 11.8 Å². The molecule has 1 aromatic heterocycles. The van der Waals surface area contributed by atoms with Crippen LogP contribution in [-0.4, -0.2) is 17.1 Å². The molecule has 0 aliphatic heterocycles. The van der Waals surface area contributed by atoms with Crippen LogP contribution < -0.4 is 5.32 Å². The first-order valence-corrected chi connectivity index (χ1v) is 7.21. The third-order valence-corrected chi connectivity index (χ3v) is 3.90. The van der Waals surface area contributed by atoms with Crippen LogP contribution in [0.25, 0.3) is 0 Å². The predicted molar refractivity (Wildman–Crippen MR) is 77.7 cm³/mol. The first kappa shape index (κ1) is 14.7. The van der Waals surface area contributed by atoms with E-state index in [1.54, 1.807) is 17.4 Å². The summed E-state index contributed by atoms with van der Waals surface area (Å²) in [5.41, 5.74) is 0.450. The molecule has 0 radical (unpaired) electrons. The number of hydrogen-bond donors (Lipinski definition) is 2. The van der Waals surface area contributed by atoms with E-state index in [0.29, 0.717) is 6.54 Å². The Morgan fingerprint density at radius 1 is 1.45 bits per heavy atom. The lowest BCUT2D eigenvalue weighted by Crippen LogP contribution is -2.27. The molecule has 1 atom stereocenters. The molecule has 3 nitrogen and oxygen atoms in total. The molecule has 0 aliphatic carbocycles. The second kappa shape index (κ2) is 6.63. The summed E-state index contributed by atoms with van der Waals surface area (Å²) in [5.74, 6) is -1.93. The Balaban J connectivity index is 1.90. The first-order valence-electron chi connectivity index (χ1n) is 6.33. The molecular formula is C15H16FNO2S. The van der Waals surface area contributed by atoms with Crippen LogP contribution in [0.5, 0.6) is 0 Å². The minimum Gasteiger partial charge on any atom is -0.478 e. The van der Waals surface area contributed by atoms with Crippen LogP contribution in [0.2, 0.25) is 0 Å². The molecule has 106 valence electrons. The molecule has 0 aliphatic rings. The molecule has 0 amide bonds. The van der Waals surface area contributed by atoms with Gasteiger partial charge in [-0.1, -0.05) is 12.1 Å². The number of carboxylic acid groups (broad SMARTS) is 1. The molecule has 0 bridgehead atoms. The number of benzene rings is 1. The maximum absolute atomic E-state index is 13.5. The molecule has 0 spiro atoms. The predicted octanol–water partition coefficient (Wildman–Crippen LogP) is 3.31. The Hall–Kier alpha value is -1.72. The van der Waals surface area contributed by atoms with Crippen molar-refractivity contribution >= 4 is 17.3 Å². The van der Waals surface area contributed by atoms with Gasteiger partial charge in [0.15, 0.2) is 0 Å². The van der Waals surface area contributed by atoms with Crippen LogP contribution in [-0.2, 0) is 13.0 Å². The third-order valence-electron chi connectivity index (χ3n) is 3.01. The number of aromatic carboxylic acids is 1. The molecular weight excluding hydrogens is 277 g/mol. The molecule has 2 rings (SSSR count). The first-order chi connectivity index (χ1) is 9.56. The Labute approximate surface area is 121 Å². The molecule has 20 heavy (non-hydrogen) atoms. The van der Waals surface area contributed by atoms with Crippen molar-refractivity contribution in [2.75, 3.05) is 0 Å². The van der Waals surface area contributed by atoms with Crippen molar-refractivity contribution in [3.8, 4) is 0 Å². The van der Waals surface area contributed by atoms with Crippen molar-refractivity contribution in [2.24, 2.45) is 0 Å². The van der Waals surface area contributed by atoms with Gasteiger partial charge in [-0.2, -0.15) is 0 Å². The SMILES string of the molecule is CC(Cc1cccs1)NCc1ccc(C(=O)O)c(F)c1. The highest BCUT2D eigenvalue weighted by molar-refractivity contribution is 7.09. The average Bonchev–Trinajstić information content (AvgIpc) is 2.89. The smallest absolute Gasteiger partial charge is 0.338 e. The minimum atomic E-state index is -1.24. The molecule has 1 aromatic carbocycles. The molecule has 2 N–H and O–H groups in total. The van der Waals surface area contributed by atoms with Gasteiger partial charge in [-0.15, -0.1) is 11.3 Å². The van der Waals surface area contributed by atoms with Crippen molar-refractivity contribution in [1.82, 2.24) is 5.32 Å². The van der Waals surface area contributed by atoms with E-state index in [1.807, 2.05) is 11.4 Å². The van der Waals surface area contributed by atoms with Crippen LogP contribution >= 0.6 is 11.3 Å². The van der Waals surface area contributed by atoms with Crippen LogP contribution in [0.3, 0.4) is 0 Å². The summed E-state index contributed by atoms with van der Waals surface area (Å²) in [7, 11) is 0. The number of halogens is 1. The van der Waals surface area contributed by atoms with E-state index in [2.05, 4.69) is 18.3 Å². The van der Waals surface area contributed by atoms with Gasteiger partial charge in [-0.3, -0.25) is 0 Å². The molecule has 0 saturated heterocycles. The lowest BCUT2D eigenvalue weighted by Gasteiger charge is -2.13. The largest absolute Gasteiger partial charge is 0.478 e. The molecule has 0 fully saturated rings. The average molecular weight is 293 g/mol. The van der Waals surface area contributed by atoms with Gasteiger partial charge >= 0.3 is 5.97 Å². The maximum atomic E-state index is 13.5. The molecule has 2 aromatic rings. The number of rotatable bonds is 6. The summed E-state index contributed by atoms with van der Waals surface area (Å²) in [5, 5.41) is 14.1. The fraction of sp³-hybridized carbons (Fsp3) is 0.267. The highest BCUT2D eigenvalue weighted by Gasteiger charge is 2.11. The third kappa shape index (κ3) is 3.88. The zero-order valence-corrected chi connectivity index (χ0v) is 11.9. The van der Waals surface area contributed by atoms with Crippen LogP contribution in [0, 0.1) is 5.82 Å². The maximum Gasteiger partial charge on any atom is 0.338 e. The fourth-order valence-corrected chi connectivity index (χ4v) is 2.77. The van der Waals surface area contributed by atoms with Gasteiger partial charge in [0, 0.05) is 17.5 Å². The van der Waals surface area contributed by atoms with Gasteiger partial charge in [0.25, 0.3) is 0 Å². The highest BCUT2D eigenvalue weighted by atomic mass is 32.1.